The molecule has 1 aromatic carbocycles. The molecular weight excluding hydrogens is 372 g/mol. The van der Waals surface area contributed by atoms with E-state index in [1.54, 1.807) is 4.31 Å². The van der Waals surface area contributed by atoms with Gasteiger partial charge >= 0.3 is 0 Å². The average molecular weight is 403 g/mol. The Hall–Kier alpha value is -1.70. The minimum Gasteiger partial charge on any atom is -0.298 e. The van der Waals surface area contributed by atoms with E-state index < -0.39 is 10.0 Å². The molecule has 4 rings (SSSR count). The van der Waals surface area contributed by atoms with Crippen molar-refractivity contribution < 1.29 is 8.42 Å². The summed E-state index contributed by atoms with van der Waals surface area (Å²) in [6, 6.07) is 10.1. The Kier molecular flexibility index (Phi) is 5.33. The van der Waals surface area contributed by atoms with Gasteiger partial charge < -0.3 is 0 Å². The molecule has 152 valence electrons. The highest BCUT2D eigenvalue weighted by molar-refractivity contribution is 7.88. The van der Waals surface area contributed by atoms with Gasteiger partial charge in [0.05, 0.1) is 18.5 Å². The molecule has 0 spiro atoms. The van der Waals surface area contributed by atoms with Crippen molar-refractivity contribution in [3.63, 3.8) is 0 Å². The third-order valence-electron chi connectivity index (χ3n) is 6.30. The maximum atomic E-state index is 12.4. The lowest BCUT2D eigenvalue weighted by Gasteiger charge is -2.28. The SMILES string of the molecule is CCCn1ncc(CN2C[C@@H]3CN(S(C)(=O)=O)[C@@H](c4ccccc4)[C@@H]3C2)c1C. The summed E-state index contributed by atoms with van der Waals surface area (Å²) < 4.78 is 28.7. The van der Waals surface area contributed by atoms with Gasteiger partial charge in [0.2, 0.25) is 10.0 Å². The third-order valence-corrected chi connectivity index (χ3v) is 7.53. The number of hydrogen-bond donors (Lipinski definition) is 0. The Morgan fingerprint density at radius 1 is 1.14 bits per heavy atom. The van der Waals surface area contributed by atoms with Crippen LogP contribution in [0.25, 0.3) is 0 Å². The summed E-state index contributed by atoms with van der Waals surface area (Å²) in [4.78, 5) is 2.48. The van der Waals surface area contributed by atoms with Crippen molar-refractivity contribution >= 4 is 10.0 Å². The number of fused-ring (bicyclic) bond motifs is 1. The zero-order chi connectivity index (χ0) is 19.9. The first kappa shape index (κ1) is 19.6. The van der Waals surface area contributed by atoms with E-state index >= 15 is 0 Å². The second-order valence-electron chi connectivity index (χ2n) is 8.28. The Morgan fingerprint density at radius 3 is 2.57 bits per heavy atom. The Labute approximate surface area is 168 Å². The number of aryl methyl sites for hydroxylation is 1. The molecule has 2 fully saturated rings. The fourth-order valence-corrected chi connectivity index (χ4v) is 6.10. The molecule has 6 nitrogen and oxygen atoms in total. The van der Waals surface area contributed by atoms with Crippen molar-refractivity contribution in [3.8, 4) is 0 Å². The van der Waals surface area contributed by atoms with Gasteiger partial charge in [-0.2, -0.15) is 9.40 Å². The first-order chi connectivity index (χ1) is 13.4. The van der Waals surface area contributed by atoms with E-state index in [1.165, 1.54) is 17.5 Å². The average Bonchev–Trinajstić information content (AvgIpc) is 3.30. The highest BCUT2D eigenvalue weighted by Gasteiger charge is 2.50. The minimum absolute atomic E-state index is 0.0601. The number of hydrogen-bond acceptors (Lipinski definition) is 4. The van der Waals surface area contributed by atoms with Gasteiger partial charge in [0.1, 0.15) is 0 Å². The predicted molar refractivity (Wildman–Crippen MR) is 110 cm³/mol. The molecule has 0 unspecified atom stereocenters. The van der Waals surface area contributed by atoms with E-state index in [9.17, 15) is 8.42 Å². The fraction of sp³-hybridized carbons (Fsp3) is 0.571. The summed E-state index contributed by atoms with van der Waals surface area (Å²) in [5.74, 6) is 0.717. The molecule has 2 aliphatic heterocycles. The largest absolute Gasteiger partial charge is 0.298 e. The molecule has 0 aliphatic carbocycles. The summed E-state index contributed by atoms with van der Waals surface area (Å²) in [6.07, 6.45) is 4.42. The summed E-state index contributed by atoms with van der Waals surface area (Å²) >= 11 is 0. The highest BCUT2D eigenvalue weighted by atomic mass is 32.2. The first-order valence-electron chi connectivity index (χ1n) is 10.1. The van der Waals surface area contributed by atoms with E-state index in [0.717, 1.165) is 38.2 Å². The van der Waals surface area contributed by atoms with Crippen molar-refractivity contribution in [2.45, 2.75) is 39.4 Å². The van der Waals surface area contributed by atoms with Gasteiger partial charge in [-0.1, -0.05) is 37.3 Å². The van der Waals surface area contributed by atoms with Gasteiger partial charge in [-0.25, -0.2) is 8.42 Å². The molecule has 2 aromatic rings. The summed E-state index contributed by atoms with van der Waals surface area (Å²) in [5.41, 5.74) is 3.63. The van der Waals surface area contributed by atoms with Crippen LogP contribution in [0.3, 0.4) is 0 Å². The van der Waals surface area contributed by atoms with Crippen LogP contribution < -0.4 is 0 Å². The van der Waals surface area contributed by atoms with E-state index in [2.05, 4.69) is 40.7 Å². The molecule has 7 heteroatoms. The number of nitrogens with zero attached hydrogens (tertiary/aromatic N) is 4. The molecule has 0 amide bonds. The van der Waals surface area contributed by atoms with Crippen molar-refractivity contribution in [2.24, 2.45) is 11.8 Å². The van der Waals surface area contributed by atoms with Gasteiger partial charge in [-0.15, -0.1) is 0 Å². The monoisotopic (exact) mass is 402 g/mol. The smallest absolute Gasteiger partial charge is 0.211 e. The Bertz CT molecular complexity index is 925. The number of rotatable bonds is 6. The van der Waals surface area contributed by atoms with Gasteiger partial charge in [-0.3, -0.25) is 9.58 Å². The van der Waals surface area contributed by atoms with Gasteiger partial charge in [-0.05, 0) is 30.7 Å². The third kappa shape index (κ3) is 3.63. The lowest BCUT2D eigenvalue weighted by Crippen LogP contribution is -2.35. The maximum Gasteiger partial charge on any atom is 0.211 e. The van der Waals surface area contributed by atoms with Crippen LogP contribution in [-0.2, 0) is 23.1 Å². The van der Waals surface area contributed by atoms with Crippen LogP contribution in [0.2, 0.25) is 0 Å². The Balaban J connectivity index is 1.54. The van der Waals surface area contributed by atoms with E-state index in [1.807, 2.05) is 24.4 Å². The summed E-state index contributed by atoms with van der Waals surface area (Å²) in [5, 5.41) is 4.53. The second kappa shape index (κ2) is 7.61. The number of sulfonamides is 1. The van der Waals surface area contributed by atoms with Crippen molar-refractivity contribution in [2.75, 3.05) is 25.9 Å². The standard InChI is InChI=1S/C21H30N4O2S/c1-4-10-24-16(2)18(11-22-24)12-23-13-19-14-25(28(3,26)27)21(20(19)15-23)17-8-6-5-7-9-17/h5-9,11,19-21H,4,10,12-15H2,1-3H3/t19-,20-,21+/m1/s1. The van der Waals surface area contributed by atoms with E-state index in [-0.39, 0.29) is 6.04 Å². The normalized spacial score (nSPS) is 26.0. The molecule has 2 saturated heterocycles. The van der Waals surface area contributed by atoms with Crippen LogP contribution in [-0.4, -0.2) is 53.3 Å². The number of aromatic nitrogens is 2. The highest BCUT2D eigenvalue weighted by Crippen LogP contribution is 2.46. The van der Waals surface area contributed by atoms with Crippen molar-refractivity contribution in [1.82, 2.24) is 19.0 Å². The molecule has 0 saturated carbocycles. The van der Waals surface area contributed by atoms with Crippen LogP contribution in [0.5, 0.6) is 0 Å². The van der Waals surface area contributed by atoms with Gasteiger partial charge in [0, 0.05) is 44.0 Å². The lowest BCUT2D eigenvalue weighted by molar-refractivity contribution is 0.260. The molecule has 0 bridgehead atoms. The molecule has 1 aromatic heterocycles. The number of likely N-dealkylation sites (tertiary alicyclic amines) is 1. The minimum atomic E-state index is -3.23. The predicted octanol–water partition coefficient (Wildman–Crippen LogP) is 2.67. The summed E-state index contributed by atoms with van der Waals surface area (Å²) in [7, 11) is -3.23. The molecule has 3 atom stereocenters. The van der Waals surface area contributed by atoms with E-state index in [0.29, 0.717) is 18.4 Å². The zero-order valence-electron chi connectivity index (χ0n) is 17.0. The van der Waals surface area contributed by atoms with Crippen LogP contribution in [0.4, 0.5) is 0 Å². The van der Waals surface area contributed by atoms with E-state index in [4.69, 9.17) is 0 Å². The molecule has 0 radical (unpaired) electrons. The van der Waals surface area contributed by atoms with Crippen LogP contribution >= 0.6 is 0 Å². The maximum absolute atomic E-state index is 12.4. The molecule has 2 aliphatic rings. The lowest BCUT2D eigenvalue weighted by atomic mass is 9.90. The topological polar surface area (TPSA) is 58.4 Å². The molecule has 0 N–H and O–H groups in total. The number of benzene rings is 1. The fourth-order valence-electron chi connectivity index (χ4n) is 4.95. The first-order valence-corrected chi connectivity index (χ1v) is 12.0. The summed E-state index contributed by atoms with van der Waals surface area (Å²) in [6.45, 7) is 8.65. The van der Waals surface area contributed by atoms with Crippen LogP contribution in [0.1, 0.15) is 36.2 Å². The quantitative estimate of drug-likeness (QED) is 0.745. The molecular formula is C21H30N4O2S. The van der Waals surface area contributed by atoms with Gasteiger partial charge in [0.25, 0.3) is 0 Å². The Morgan fingerprint density at radius 2 is 1.89 bits per heavy atom. The van der Waals surface area contributed by atoms with Crippen LogP contribution in [0.15, 0.2) is 36.5 Å². The molecule has 3 heterocycles. The second-order valence-corrected chi connectivity index (χ2v) is 10.2. The van der Waals surface area contributed by atoms with Gasteiger partial charge in [0.15, 0.2) is 0 Å². The van der Waals surface area contributed by atoms with Crippen LogP contribution in [0, 0.1) is 18.8 Å². The van der Waals surface area contributed by atoms with Crippen molar-refractivity contribution in [1.29, 1.82) is 0 Å². The zero-order valence-corrected chi connectivity index (χ0v) is 17.8. The van der Waals surface area contributed by atoms with Crippen molar-refractivity contribution in [3.05, 3.63) is 53.3 Å². The molecule has 28 heavy (non-hydrogen) atoms.